The molecule has 3 nitrogen and oxygen atoms in total. The van der Waals surface area contributed by atoms with Gasteiger partial charge in [0.1, 0.15) is 0 Å². The molecule has 1 heterocycles. The van der Waals surface area contributed by atoms with Crippen LogP contribution in [0.2, 0.25) is 0 Å². The maximum Gasteiger partial charge on any atom is 0.212 e. The number of benzene rings is 1. The van der Waals surface area contributed by atoms with Crippen LogP contribution in [0.1, 0.15) is 6.42 Å². The molecule has 2 rings (SSSR count). The van der Waals surface area contributed by atoms with Gasteiger partial charge in [-0.3, -0.25) is 0 Å². The van der Waals surface area contributed by atoms with Crippen molar-refractivity contribution in [3.63, 3.8) is 0 Å². The molecule has 4 heteroatoms. The second kappa shape index (κ2) is 4.69. The number of rotatable bonds is 3. The molecule has 0 bridgehead atoms. The third kappa shape index (κ3) is 1.97. The van der Waals surface area contributed by atoms with Crippen LogP contribution in [0.5, 0.6) is 0 Å². The average Bonchev–Trinajstić information content (AvgIpc) is 2.64. The lowest BCUT2D eigenvalue weighted by molar-refractivity contribution is 0.280. The SMILES string of the molecule is [C-]#[N+]c1cn(CCCO)c2cc(Br)ccc12. The number of hydrogen-bond acceptors (Lipinski definition) is 1. The first-order chi connectivity index (χ1) is 7.76. The Morgan fingerprint density at radius 2 is 2.25 bits per heavy atom. The summed E-state index contributed by atoms with van der Waals surface area (Å²) >= 11 is 3.43. The monoisotopic (exact) mass is 278 g/mol. The predicted molar refractivity (Wildman–Crippen MR) is 67.6 cm³/mol. The molecule has 0 atom stereocenters. The lowest BCUT2D eigenvalue weighted by Crippen LogP contribution is -1.97. The van der Waals surface area contributed by atoms with Gasteiger partial charge in [0.05, 0.1) is 6.57 Å². The van der Waals surface area contributed by atoms with Crippen molar-refractivity contribution in [2.45, 2.75) is 13.0 Å². The number of hydrogen-bond donors (Lipinski definition) is 1. The van der Waals surface area contributed by atoms with Crippen molar-refractivity contribution in [1.29, 1.82) is 0 Å². The predicted octanol–water partition coefficient (Wildman–Crippen LogP) is 3.34. The standard InChI is InChI=1S/C12H11BrN2O/c1-14-11-8-15(5-2-6-16)12-7-9(13)3-4-10(11)12/h3-4,7-8,16H,2,5-6H2. The van der Waals surface area contributed by atoms with Gasteiger partial charge in [0.15, 0.2) is 0 Å². The van der Waals surface area contributed by atoms with Gasteiger partial charge in [0.25, 0.3) is 0 Å². The topological polar surface area (TPSA) is 29.5 Å². The number of fused-ring (bicyclic) bond motifs is 1. The van der Waals surface area contributed by atoms with Gasteiger partial charge in [-0.25, -0.2) is 4.85 Å². The molecule has 0 aliphatic heterocycles. The van der Waals surface area contributed by atoms with Gasteiger partial charge in [0.2, 0.25) is 5.69 Å². The highest BCUT2D eigenvalue weighted by Crippen LogP contribution is 2.30. The van der Waals surface area contributed by atoms with E-state index in [1.807, 2.05) is 29.0 Å². The molecule has 0 radical (unpaired) electrons. The quantitative estimate of drug-likeness (QED) is 0.858. The molecule has 0 unspecified atom stereocenters. The zero-order valence-corrected chi connectivity index (χ0v) is 10.2. The molecule has 0 saturated heterocycles. The molecular formula is C12H11BrN2O. The zero-order chi connectivity index (χ0) is 11.5. The molecule has 0 fully saturated rings. The summed E-state index contributed by atoms with van der Waals surface area (Å²) in [5.41, 5.74) is 1.70. The van der Waals surface area contributed by atoms with E-state index in [9.17, 15) is 0 Å². The van der Waals surface area contributed by atoms with Gasteiger partial charge in [-0.1, -0.05) is 22.0 Å². The van der Waals surface area contributed by atoms with E-state index in [0.29, 0.717) is 12.1 Å². The Kier molecular flexibility index (Phi) is 3.28. The van der Waals surface area contributed by atoms with E-state index < -0.39 is 0 Å². The first kappa shape index (κ1) is 11.2. The molecule has 1 aromatic heterocycles. The van der Waals surface area contributed by atoms with E-state index in [0.717, 1.165) is 21.9 Å². The van der Waals surface area contributed by atoms with Crippen LogP contribution >= 0.6 is 15.9 Å². The number of aromatic nitrogens is 1. The van der Waals surface area contributed by atoms with Gasteiger partial charge in [0, 0.05) is 34.7 Å². The van der Waals surface area contributed by atoms with Crippen molar-refractivity contribution in [2.24, 2.45) is 0 Å². The Morgan fingerprint density at radius 1 is 1.44 bits per heavy atom. The number of halogens is 1. The highest BCUT2D eigenvalue weighted by atomic mass is 79.9. The molecule has 2 aromatic rings. The van der Waals surface area contributed by atoms with E-state index in [1.54, 1.807) is 0 Å². The second-order valence-electron chi connectivity index (χ2n) is 3.56. The first-order valence-electron chi connectivity index (χ1n) is 5.03. The zero-order valence-electron chi connectivity index (χ0n) is 8.65. The highest BCUT2D eigenvalue weighted by Gasteiger charge is 2.08. The van der Waals surface area contributed by atoms with Gasteiger partial charge < -0.3 is 9.67 Å². The van der Waals surface area contributed by atoms with Crippen molar-refractivity contribution in [3.05, 3.63) is 40.3 Å². The number of aryl methyl sites for hydroxylation is 1. The van der Waals surface area contributed by atoms with Crippen LogP contribution in [0.15, 0.2) is 28.9 Å². The molecule has 0 saturated carbocycles. The average molecular weight is 279 g/mol. The van der Waals surface area contributed by atoms with Crippen molar-refractivity contribution in [3.8, 4) is 0 Å². The summed E-state index contributed by atoms with van der Waals surface area (Å²) in [4.78, 5) is 3.51. The minimum Gasteiger partial charge on any atom is -0.396 e. The number of aliphatic hydroxyl groups is 1. The van der Waals surface area contributed by atoms with E-state index in [4.69, 9.17) is 11.7 Å². The van der Waals surface area contributed by atoms with E-state index >= 15 is 0 Å². The Morgan fingerprint density at radius 3 is 2.94 bits per heavy atom. The van der Waals surface area contributed by atoms with Gasteiger partial charge in [-0.15, -0.1) is 0 Å². The molecule has 0 spiro atoms. The van der Waals surface area contributed by atoms with Crippen LogP contribution in [-0.2, 0) is 6.54 Å². The normalized spacial score (nSPS) is 10.6. The molecule has 16 heavy (non-hydrogen) atoms. The van der Waals surface area contributed by atoms with Crippen molar-refractivity contribution >= 4 is 32.5 Å². The van der Waals surface area contributed by atoms with E-state index in [-0.39, 0.29) is 6.61 Å². The van der Waals surface area contributed by atoms with Crippen molar-refractivity contribution in [1.82, 2.24) is 4.57 Å². The Labute approximate surface area is 102 Å². The molecule has 0 aliphatic rings. The fourth-order valence-electron chi connectivity index (χ4n) is 1.76. The van der Waals surface area contributed by atoms with Gasteiger partial charge in [-0.05, 0) is 18.6 Å². The second-order valence-corrected chi connectivity index (χ2v) is 4.47. The van der Waals surface area contributed by atoms with Crippen LogP contribution in [0.3, 0.4) is 0 Å². The maximum absolute atomic E-state index is 8.84. The van der Waals surface area contributed by atoms with E-state index in [1.165, 1.54) is 0 Å². The smallest absolute Gasteiger partial charge is 0.212 e. The number of nitrogens with zero attached hydrogens (tertiary/aromatic N) is 2. The summed E-state index contributed by atoms with van der Waals surface area (Å²) < 4.78 is 3.02. The third-order valence-corrected chi connectivity index (χ3v) is 2.99. The summed E-state index contributed by atoms with van der Waals surface area (Å²) in [5, 5.41) is 9.80. The fraction of sp³-hybridized carbons (Fsp3) is 0.250. The van der Waals surface area contributed by atoms with Gasteiger partial charge in [-0.2, -0.15) is 0 Å². The van der Waals surface area contributed by atoms with E-state index in [2.05, 4.69) is 20.8 Å². The summed E-state index contributed by atoms with van der Waals surface area (Å²) in [7, 11) is 0. The molecule has 1 aromatic carbocycles. The summed E-state index contributed by atoms with van der Waals surface area (Å²) in [5.74, 6) is 0. The minimum absolute atomic E-state index is 0.168. The maximum atomic E-state index is 8.84. The largest absolute Gasteiger partial charge is 0.396 e. The van der Waals surface area contributed by atoms with Crippen LogP contribution < -0.4 is 0 Å². The lowest BCUT2D eigenvalue weighted by atomic mass is 10.2. The van der Waals surface area contributed by atoms with Crippen LogP contribution in [0, 0.1) is 6.57 Å². The van der Waals surface area contributed by atoms with Crippen LogP contribution in [-0.4, -0.2) is 16.3 Å². The Hall–Kier alpha value is -1.31. The van der Waals surface area contributed by atoms with Crippen molar-refractivity contribution in [2.75, 3.05) is 6.61 Å². The number of aliphatic hydroxyl groups excluding tert-OH is 1. The first-order valence-corrected chi connectivity index (χ1v) is 5.82. The molecule has 1 N–H and O–H groups in total. The highest BCUT2D eigenvalue weighted by molar-refractivity contribution is 9.10. The lowest BCUT2D eigenvalue weighted by Gasteiger charge is -2.04. The fourth-order valence-corrected chi connectivity index (χ4v) is 2.11. The molecule has 82 valence electrons. The Balaban J connectivity index is 2.56. The molecule has 0 aliphatic carbocycles. The van der Waals surface area contributed by atoms with Gasteiger partial charge >= 0.3 is 0 Å². The van der Waals surface area contributed by atoms with Crippen molar-refractivity contribution < 1.29 is 5.11 Å². The summed E-state index contributed by atoms with van der Waals surface area (Å²) in [6.45, 7) is 8.02. The van der Waals surface area contributed by atoms with Crippen LogP contribution in [0.4, 0.5) is 5.69 Å². The minimum atomic E-state index is 0.168. The summed E-state index contributed by atoms with van der Waals surface area (Å²) in [6, 6.07) is 5.89. The molecule has 0 amide bonds. The summed E-state index contributed by atoms with van der Waals surface area (Å²) in [6.07, 6.45) is 2.55. The third-order valence-electron chi connectivity index (χ3n) is 2.50. The Bertz CT molecular complexity index is 554. The molecular weight excluding hydrogens is 268 g/mol. The van der Waals surface area contributed by atoms with Crippen LogP contribution in [0.25, 0.3) is 15.7 Å².